The van der Waals surface area contributed by atoms with Crippen LogP contribution in [0.15, 0.2) is 60.7 Å². The van der Waals surface area contributed by atoms with Gasteiger partial charge in [0.15, 0.2) is 0 Å². The molecule has 0 bridgehead atoms. The molecule has 5 nitrogen and oxygen atoms in total. The molecule has 28 heavy (non-hydrogen) atoms. The second-order valence-electron chi connectivity index (χ2n) is 6.28. The van der Waals surface area contributed by atoms with E-state index >= 15 is 0 Å². The van der Waals surface area contributed by atoms with Crippen molar-refractivity contribution in [3.63, 3.8) is 0 Å². The van der Waals surface area contributed by atoms with Gasteiger partial charge >= 0.3 is 7.60 Å². The number of aryl methyl sites for hydroxylation is 1. The van der Waals surface area contributed by atoms with Crippen molar-refractivity contribution in [1.29, 1.82) is 0 Å². The van der Waals surface area contributed by atoms with Crippen molar-refractivity contribution in [3.05, 3.63) is 71.8 Å². The van der Waals surface area contributed by atoms with Crippen molar-refractivity contribution < 1.29 is 18.4 Å². The molecule has 146 valence electrons. The fourth-order valence-electron chi connectivity index (χ4n) is 3.16. The summed E-state index contributed by atoms with van der Waals surface area (Å²) in [5, 5.41) is 4.99. The van der Waals surface area contributed by atoms with Crippen LogP contribution in [0.2, 0.25) is 0 Å². The third-order valence-corrected chi connectivity index (χ3v) is 6.61. The molecule has 0 saturated heterocycles. The summed E-state index contributed by atoms with van der Waals surface area (Å²) in [6, 6.07) is 18.4. The average Bonchev–Trinajstić information content (AvgIpc) is 2.68. The van der Waals surface area contributed by atoms with Gasteiger partial charge in [-0.3, -0.25) is 9.36 Å². The average molecular weight is 397 g/mol. The Balaban J connectivity index is 2.06. The largest absolute Gasteiger partial charge is 0.361 e. The third-order valence-electron chi connectivity index (χ3n) is 4.43. The molecule has 0 unspecified atom stereocenters. The van der Waals surface area contributed by atoms with Gasteiger partial charge in [-0.05, 0) is 49.9 Å². The predicted molar refractivity (Wildman–Crippen MR) is 114 cm³/mol. The highest BCUT2D eigenvalue weighted by Crippen LogP contribution is 2.49. The lowest BCUT2D eigenvalue weighted by atomic mass is 10.1. The molecule has 3 aromatic carbocycles. The minimum atomic E-state index is -3.45. The minimum Gasteiger partial charge on any atom is -0.321 e. The van der Waals surface area contributed by atoms with Gasteiger partial charge in [0.05, 0.1) is 18.5 Å². The van der Waals surface area contributed by atoms with Gasteiger partial charge in [-0.2, -0.15) is 0 Å². The van der Waals surface area contributed by atoms with Crippen molar-refractivity contribution in [2.45, 2.75) is 20.8 Å². The maximum atomic E-state index is 13.3. The van der Waals surface area contributed by atoms with Gasteiger partial charge in [0.2, 0.25) is 0 Å². The van der Waals surface area contributed by atoms with Crippen molar-refractivity contribution in [1.82, 2.24) is 0 Å². The number of rotatable bonds is 7. The van der Waals surface area contributed by atoms with E-state index in [-0.39, 0.29) is 19.1 Å². The Kier molecular flexibility index (Phi) is 6.30. The minimum absolute atomic E-state index is 0.186. The van der Waals surface area contributed by atoms with E-state index in [0.29, 0.717) is 16.6 Å². The van der Waals surface area contributed by atoms with Crippen LogP contribution < -0.4 is 10.6 Å². The van der Waals surface area contributed by atoms with E-state index in [2.05, 4.69) is 5.32 Å². The quantitative estimate of drug-likeness (QED) is 0.550. The molecule has 0 atom stereocenters. The molecule has 1 amide bonds. The number of amides is 1. The fraction of sp³-hybridized carbons (Fsp3) is 0.227. The van der Waals surface area contributed by atoms with Crippen molar-refractivity contribution in [2.75, 3.05) is 18.5 Å². The normalized spacial score (nSPS) is 11.5. The van der Waals surface area contributed by atoms with Crippen molar-refractivity contribution in [2.24, 2.45) is 0 Å². The Morgan fingerprint density at radius 2 is 1.50 bits per heavy atom. The first-order chi connectivity index (χ1) is 13.5. The van der Waals surface area contributed by atoms with Crippen molar-refractivity contribution in [3.8, 4) is 0 Å². The topological polar surface area (TPSA) is 64.6 Å². The molecule has 0 saturated carbocycles. The Labute approximate surface area is 165 Å². The first-order valence-electron chi connectivity index (χ1n) is 9.28. The van der Waals surface area contributed by atoms with Gasteiger partial charge in [0, 0.05) is 16.6 Å². The fourth-order valence-corrected chi connectivity index (χ4v) is 4.94. The summed E-state index contributed by atoms with van der Waals surface area (Å²) in [5.41, 5.74) is 2.16. The molecule has 3 aromatic rings. The highest BCUT2D eigenvalue weighted by atomic mass is 31.2. The first kappa shape index (κ1) is 20.3. The molecular weight excluding hydrogens is 373 g/mol. The molecule has 3 rings (SSSR count). The number of carbonyl (C=O) groups is 1. The summed E-state index contributed by atoms with van der Waals surface area (Å²) < 4.78 is 24.3. The highest BCUT2D eigenvalue weighted by Gasteiger charge is 2.29. The van der Waals surface area contributed by atoms with Gasteiger partial charge in [0.1, 0.15) is 0 Å². The van der Waals surface area contributed by atoms with Crippen LogP contribution in [0.4, 0.5) is 5.69 Å². The molecule has 0 spiro atoms. The van der Waals surface area contributed by atoms with Gasteiger partial charge in [-0.25, -0.2) is 0 Å². The molecule has 0 aliphatic heterocycles. The van der Waals surface area contributed by atoms with Gasteiger partial charge in [-0.1, -0.05) is 42.5 Å². The van der Waals surface area contributed by atoms with Crippen LogP contribution in [-0.2, 0) is 13.6 Å². The maximum absolute atomic E-state index is 13.3. The zero-order valence-corrected chi connectivity index (χ0v) is 17.2. The lowest BCUT2D eigenvalue weighted by molar-refractivity contribution is 0.102. The third kappa shape index (κ3) is 4.02. The number of nitrogens with one attached hydrogen (secondary N) is 1. The summed E-state index contributed by atoms with van der Waals surface area (Å²) in [6.07, 6.45) is 0. The van der Waals surface area contributed by atoms with Crippen LogP contribution >= 0.6 is 7.60 Å². The van der Waals surface area contributed by atoms with Crippen LogP contribution in [0.25, 0.3) is 10.8 Å². The number of carbonyl (C=O) groups excluding carboxylic acids is 1. The Morgan fingerprint density at radius 1 is 0.893 bits per heavy atom. The van der Waals surface area contributed by atoms with E-state index < -0.39 is 7.60 Å². The first-order valence-corrected chi connectivity index (χ1v) is 10.8. The summed E-state index contributed by atoms with van der Waals surface area (Å²) in [7, 11) is -3.45. The molecular formula is C22H24NO4P. The molecule has 1 N–H and O–H groups in total. The summed E-state index contributed by atoms with van der Waals surface area (Å²) >= 11 is 0. The van der Waals surface area contributed by atoms with E-state index in [9.17, 15) is 9.36 Å². The van der Waals surface area contributed by atoms with Crippen LogP contribution in [-0.4, -0.2) is 19.1 Å². The summed E-state index contributed by atoms with van der Waals surface area (Å²) in [6.45, 7) is 6.01. The lowest BCUT2D eigenvalue weighted by Crippen LogP contribution is -2.16. The highest BCUT2D eigenvalue weighted by molar-refractivity contribution is 7.62. The SMILES string of the molecule is CCOP(=O)(OCC)c1ccc(NC(=O)c2ccccc2C)c2ccccc12. The van der Waals surface area contributed by atoms with Crippen LogP contribution in [0.3, 0.4) is 0 Å². The second kappa shape index (κ2) is 8.70. The van der Waals surface area contributed by atoms with E-state index in [4.69, 9.17) is 9.05 Å². The standard InChI is InChI=1S/C22H24NO4P/c1-4-26-28(25,27-5-2)21-15-14-20(18-12-8-9-13-19(18)21)23-22(24)17-11-7-6-10-16(17)3/h6-15H,4-5H2,1-3H3,(H,23,24). The molecule has 0 aromatic heterocycles. The smallest absolute Gasteiger partial charge is 0.321 e. The number of hydrogen-bond donors (Lipinski definition) is 1. The molecule has 6 heteroatoms. The van der Waals surface area contributed by atoms with Crippen molar-refractivity contribution >= 4 is 35.3 Å². The molecule has 0 radical (unpaired) electrons. The van der Waals surface area contributed by atoms with Gasteiger partial charge in [-0.15, -0.1) is 0 Å². The second-order valence-corrected chi connectivity index (χ2v) is 8.27. The van der Waals surface area contributed by atoms with E-state index in [0.717, 1.165) is 16.3 Å². The number of fused-ring (bicyclic) bond motifs is 1. The van der Waals surface area contributed by atoms with Crippen LogP contribution in [0, 0.1) is 6.92 Å². The predicted octanol–water partition coefficient (Wildman–Crippen LogP) is 5.29. The molecule has 0 aliphatic rings. The number of hydrogen-bond acceptors (Lipinski definition) is 4. The monoisotopic (exact) mass is 397 g/mol. The van der Waals surface area contributed by atoms with Crippen LogP contribution in [0.5, 0.6) is 0 Å². The Morgan fingerprint density at radius 3 is 2.14 bits per heavy atom. The zero-order chi connectivity index (χ0) is 20.1. The molecule has 0 heterocycles. The van der Waals surface area contributed by atoms with Gasteiger partial charge in [0.25, 0.3) is 5.91 Å². The number of anilines is 1. The summed E-state index contributed by atoms with van der Waals surface area (Å²) in [5.74, 6) is -0.186. The molecule has 0 fully saturated rings. The maximum Gasteiger partial charge on any atom is 0.361 e. The van der Waals surface area contributed by atoms with Gasteiger partial charge < -0.3 is 14.4 Å². The van der Waals surface area contributed by atoms with Crippen LogP contribution in [0.1, 0.15) is 29.8 Å². The molecule has 0 aliphatic carbocycles. The summed E-state index contributed by atoms with van der Waals surface area (Å²) in [4.78, 5) is 12.8. The Bertz CT molecular complexity index is 1040. The van der Waals surface area contributed by atoms with E-state index in [1.807, 2.05) is 49.4 Å². The lowest BCUT2D eigenvalue weighted by Gasteiger charge is -2.20. The van der Waals surface area contributed by atoms with E-state index in [1.165, 1.54) is 0 Å². The Hall–Kier alpha value is -2.46. The zero-order valence-electron chi connectivity index (χ0n) is 16.3. The van der Waals surface area contributed by atoms with E-state index in [1.54, 1.807) is 32.0 Å². The number of benzene rings is 3.